The molecular weight excluding hydrogens is 256 g/mol. The van der Waals surface area contributed by atoms with Gasteiger partial charge in [0.25, 0.3) is 0 Å². The van der Waals surface area contributed by atoms with E-state index in [1.807, 2.05) is 0 Å². The molecule has 0 radical (unpaired) electrons. The van der Waals surface area contributed by atoms with Crippen LogP contribution in [-0.2, 0) is 0 Å². The lowest BCUT2D eigenvalue weighted by Crippen LogP contribution is -2.25. The van der Waals surface area contributed by atoms with Crippen LogP contribution in [0.2, 0.25) is 0 Å². The Morgan fingerprint density at radius 3 is 3.00 bits per heavy atom. The van der Waals surface area contributed by atoms with Crippen molar-refractivity contribution in [2.75, 3.05) is 0 Å². The van der Waals surface area contributed by atoms with Crippen molar-refractivity contribution in [2.24, 2.45) is 0 Å². The van der Waals surface area contributed by atoms with Gasteiger partial charge in [0.15, 0.2) is 5.65 Å². The summed E-state index contributed by atoms with van der Waals surface area (Å²) in [6.07, 6.45) is 0. The molecule has 2 aromatic rings. The molecule has 0 saturated heterocycles. The molecule has 0 aliphatic carbocycles. The van der Waals surface area contributed by atoms with Gasteiger partial charge in [-0.1, -0.05) is 0 Å². The zero-order chi connectivity index (χ0) is 10.3. The molecule has 0 spiro atoms. The first kappa shape index (κ1) is 8.88. The van der Waals surface area contributed by atoms with E-state index in [-0.39, 0.29) is 0 Å². The highest BCUT2D eigenvalue weighted by atomic mass is 79.9. The molecule has 0 saturated carbocycles. The third-order valence-corrected chi connectivity index (χ3v) is 1.95. The fourth-order valence-corrected chi connectivity index (χ4v) is 1.36. The van der Waals surface area contributed by atoms with Crippen molar-refractivity contribution in [3.05, 3.63) is 26.7 Å². The molecule has 2 N–H and O–H groups in total. The van der Waals surface area contributed by atoms with E-state index in [2.05, 4.69) is 31.2 Å². The summed E-state index contributed by atoms with van der Waals surface area (Å²) in [5.74, 6) is -1.39. The van der Waals surface area contributed by atoms with Crippen molar-refractivity contribution in [1.29, 1.82) is 0 Å². The monoisotopic (exact) mass is 258 g/mol. The number of aromatic carboxylic acids is 1. The van der Waals surface area contributed by atoms with Crippen LogP contribution in [0.4, 0.5) is 0 Å². The van der Waals surface area contributed by atoms with Crippen LogP contribution < -0.4 is 5.56 Å². The van der Waals surface area contributed by atoms with Gasteiger partial charge in [-0.2, -0.15) is 14.7 Å². The number of halogens is 1. The van der Waals surface area contributed by atoms with Gasteiger partial charge in [-0.15, -0.1) is 0 Å². The zero-order valence-electron chi connectivity index (χ0n) is 6.56. The molecular formula is C6H3BrN4O3. The standard InChI is InChI=1S/C6H3BrN4O3/c7-2-1-3-8-9-4(6(13)14)5(12)11(3)10-2/h1,8H,(H,13,14). The number of nitrogens with one attached hydrogen (secondary N) is 1. The van der Waals surface area contributed by atoms with Crippen LogP contribution in [0.1, 0.15) is 10.5 Å². The third kappa shape index (κ3) is 1.20. The van der Waals surface area contributed by atoms with Gasteiger partial charge in [-0.3, -0.25) is 9.89 Å². The van der Waals surface area contributed by atoms with Gasteiger partial charge in [-0.25, -0.2) is 4.79 Å². The van der Waals surface area contributed by atoms with E-state index in [1.54, 1.807) is 0 Å². The Labute approximate surface area is 84.5 Å². The van der Waals surface area contributed by atoms with Crippen LogP contribution in [0.5, 0.6) is 0 Å². The highest BCUT2D eigenvalue weighted by Crippen LogP contribution is 2.06. The molecule has 14 heavy (non-hydrogen) atoms. The number of aromatic amines is 1. The number of carboxylic acid groups (broad SMARTS) is 1. The van der Waals surface area contributed by atoms with E-state index in [9.17, 15) is 9.59 Å². The average molecular weight is 259 g/mol. The quantitative estimate of drug-likeness (QED) is 0.743. The van der Waals surface area contributed by atoms with E-state index in [1.165, 1.54) is 6.07 Å². The van der Waals surface area contributed by atoms with Crippen molar-refractivity contribution in [3.8, 4) is 0 Å². The highest BCUT2D eigenvalue weighted by Gasteiger charge is 2.14. The Hall–Kier alpha value is -1.70. The van der Waals surface area contributed by atoms with E-state index in [0.29, 0.717) is 10.3 Å². The van der Waals surface area contributed by atoms with Crippen molar-refractivity contribution in [3.63, 3.8) is 0 Å². The van der Waals surface area contributed by atoms with E-state index >= 15 is 0 Å². The Kier molecular flexibility index (Phi) is 1.84. The fourth-order valence-electron chi connectivity index (χ4n) is 0.987. The first-order valence-corrected chi connectivity index (χ1v) is 4.26. The molecule has 0 aliphatic rings. The van der Waals surface area contributed by atoms with Gasteiger partial charge in [0, 0.05) is 6.07 Å². The second-order valence-electron chi connectivity index (χ2n) is 2.45. The summed E-state index contributed by atoms with van der Waals surface area (Å²) in [6, 6.07) is 1.51. The SMILES string of the molecule is O=C(O)c1n[nH]c2cc(Br)nn2c1=O. The maximum atomic E-state index is 11.4. The van der Waals surface area contributed by atoms with E-state index in [4.69, 9.17) is 5.11 Å². The summed E-state index contributed by atoms with van der Waals surface area (Å²) in [5.41, 5.74) is -1.03. The molecule has 0 atom stereocenters. The van der Waals surface area contributed by atoms with Crippen LogP contribution >= 0.6 is 15.9 Å². The van der Waals surface area contributed by atoms with Crippen molar-refractivity contribution in [2.45, 2.75) is 0 Å². The fraction of sp³-hybridized carbons (Fsp3) is 0. The molecule has 72 valence electrons. The summed E-state index contributed by atoms with van der Waals surface area (Å²) >= 11 is 3.05. The lowest BCUT2D eigenvalue weighted by atomic mass is 10.5. The predicted octanol–water partition coefficient (Wildman–Crippen LogP) is -0.122. The molecule has 0 aliphatic heterocycles. The summed E-state index contributed by atoms with van der Waals surface area (Å²) in [6.45, 7) is 0. The van der Waals surface area contributed by atoms with Gasteiger partial charge in [0.1, 0.15) is 4.60 Å². The smallest absolute Gasteiger partial charge is 0.362 e. The van der Waals surface area contributed by atoms with Crippen LogP contribution in [0.3, 0.4) is 0 Å². The number of carboxylic acids is 1. The van der Waals surface area contributed by atoms with Crippen molar-refractivity contribution >= 4 is 27.5 Å². The Morgan fingerprint density at radius 1 is 1.64 bits per heavy atom. The number of aromatic nitrogens is 4. The lowest BCUT2D eigenvalue weighted by Gasteiger charge is -1.93. The minimum Gasteiger partial charge on any atom is -0.476 e. The first-order chi connectivity index (χ1) is 6.59. The van der Waals surface area contributed by atoms with Gasteiger partial charge < -0.3 is 5.11 Å². The molecule has 7 nitrogen and oxygen atoms in total. The van der Waals surface area contributed by atoms with Gasteiger partial charge >= 0.3 is 11.5 Å². The van der Waals surface area contributed by atoms with Crippen LogP contribution in [0.15, 0.2) is 15.5 Å². The number of fused-ring (bicyclic) bond motifs is 1. The zero-order valence-corrected chi connectivity index (χ0v) is 8.15. The molecule has 0 aromatic carbocycles. The number of carbonyl (C=O) groups is 1. The van der Waals surface area contributed by atoms with Gasteiger partial charge in [-0.05, 0) is 15.9 Å². The first-order valence-electron chi connectivity index (χ1n) is 3.47. The van der Waals surface area contributed by atoms with Crippen LogP contribution in [0.25, 0.3) is 5.65 Å². The summed E-state index contributed by atoms with van der Waals surface area (Å²) in [7, 11) is 0. The maximum absolute atomic E-state index is 11.4. The predicted molar refractivity (Wildman–Crippen MR) is 48.3 cm³/mol. The van der Waals surface area contributed by atoms with E-state index < -0.39 is 17.2 Å². The number of hydrogen-bond acceptors (Lipinski definition) is 4. The molecule has 2 rings (SSSR count). The lowest BCUT2D eigenvalue weighted by molar-refractivity contribution is 0.0686. The second-order valence-corrected chi connectivity index (χ2v) is 3.26. The molecule has 2 heterocycles. The van der Waals surface area contributed by atoms with Crippen LogP contribution in [0, 0.1) is 0 Å². The highest BCUT2D eigenvalue weighted by molar-refractivity contribution is 9.10. The minimum absolute atomic E-state index is 0.326. The summed E-state index contributed by atoms with van der Waals surface area (Å²) in [5, 5.41) is 18.1. The average Bonchev–Trinajstić information content (AvgIpc) is 2.46. The molecule has 0 fully saturated rings. The number of nitrogens with zero attached hydrogens (tertiary/aromatic N) is 3. The second kappa shape index (κ2) is 2.91. The van der Waals surface area contributed by atoms with Crippen molar-refractivity contribution < 1.29 is 9.90 Å². The third-order valence-electron chi connectivity index (χ3n) is 1.56. The molecule has 0 bridgehead atoms. The normalized spacial score (nSPS) is 10.6. The van der Waals surface area contributed by atoms with Crippen molar-refractivity contribution in [1.82, 2.24) is 19.8 Å². The summed E-state index contributed by atoms with van der Waals surface area (Å²) in [4.78, 5) is 21.9. The topological polar surface area (TPSA) is 100 Å². The van der Waals surface area contributed by atoms with Crippen LogP contribution in [-0.4, -0.2) is 30.9 Å². The molecule has 0 unspecified atom stereocenters. The molecule has 0 amide bonds. The maximum Gasteiger partial charge on any atom is 0.362 e. The minimum atomic E-state index is -1.39. The van der Waals surface area contributed by atoms with Gasteiger partial charge in [0.2, 0.25) is 5.69 Å². The molecule has 8 heteroatoms. The Balaban J connectivity index is 2.88. The Morgan fingerprint density at radius 2 is 2.36 bits per heavy atom. The largest absolute Gasteiger partial charge is 0.476 e. The Bertz CT molecular complexity index is 572. The van der Waals surface area contributed by atoms with Gasteiger partial charge in [0.05, 0.1) is 0 Å². The molecule has 2 aromatic heterocycles. The number of H-pyrrole nitrogens is 1. The number of hydrogen-bond donors (Lipinski definition) is 2. The number of rotatable bonds is 1. The van der Waals surface area contributed by atoms with E-state index in [0.717, 1.165) is 4.52 Å². The summed E-state index contributed by atoms with van der Waals surface area (Å²) < 4.78 is 1.36.